The zero-order valence-corrected chi connectivity index (χ0v) is 11.4. The van der Waals surface area contributed by atoms with E-state index in [1.54, 1.807) is 0 Å². The van der Waals surface area contributed by atoms with Gasteiger partial charge in [-0.15, -0.1) is 0 Å². The summed E-state index contributed by atoms with van der Waals surface area (Å²) in [4.78, 5) is 21.8. The van der Waals surface area contributed by atoms with Gasteiger partial charge in [-0.2, -0.15) is 0 Å². The first-order valence-corrected chi connectivity index (χ1v) is 6.34. The molecule has 0 saturated heterocycles. The number of nitrogens with zero attached hydrogens (tertiary/aromatic N) is 1. The summed E-state index contributed by atoms with van der Waals surface area (Å²) in [6, 6.07) is 14.6. The number of hydrogen-bond acceptors (Lipinski definition) is 4. The number of benzene rings is 2. The van der Waals surface area contributed by atoms with Crippen molar-refractivity contribution in [1.82, 2.24) is 5.32 Å². The van der Waals surface area contributed by atoms with E-state index in [2.05, 4.69) is 5.32 Å². The third-order valence-corrected chi connectivity index (χ3v) is 2.89. The second-order valence-electron chi connectivity index (χ2n) is 4.42. The van der Waals surface area contributed by atoms with Gasteiger partial charge < -0.3 is 10.1 Å². The van der Waals surface area contributed by atoms with Crippen molar-refractivity contribution in [1.29, 1.82) is 0 Å². The molecule has 0 spiro atoms. The van der Waals surface area contributed by atoms with E-state index in [9.17, 15) is 14.9 Å². The Morgan fingerprint density at radius 2 is 1.76 bits per heavy atom. The molecule has 0 aliphatic rings. The van der Waals surface area contributed by atoms with Crippen molar-refractivity contribution >= 4 is 11.8 Å². The van der Waals surface area contributed by atoms with Crippen molar-refractivity contribution in [2.45, 2.75) is 13.0 Å². The summed E-state index contributed by atoms with van der Waals surface area (Å²) in [5.41, 5.74) is 0.901. The van der Waals surface area contributed by atoms with Gasteiger partial charge in [-0.05, 0) is 24.6 Å². The predicted octanol–water partition coefficient (Wildman–Crippen LogP) is 3.44. The summed E-state index contributed by atoms with van der Waals surface area (Å²) in [5.74, 6) is 0.248. The van der Waals surface area contributed by atoms with Crippen LogP contribution < -0.4 is 10.1 Å². The summed E-state index contributed by atoms with van der Waals surface area (Å²) >= 11 is 0. The van der Waals surface area contributed by atoms with Gasteiger partial charge in [-0.3, -0.25) is 10.1 Å². The number of ether oxygens (including phenoxy) is 1. The van der Waals surface area contributed by atoms with Gasteiger partial charge in [0.1, 0.15) is 5.75 Å². The van der Waals surface area contributed by atoms with Gasteiger partial charge in [0, 0.05) is 12.1 Å². The third kappa shape index (κ3) is 4.04. The Kier molecular flexibility index (Phi) is 4.50. The van der Waals surface area contributed by atoms with Gasteiger partial charge in [0.05, 0.1) is 11.0 Å². The molecule has 21 heavy (non-hydrogen) atoms. The van der Waals surface area contributed by atoms with Crippen LogP contribution in [0, 0.1) is 10.1 Å². The second kappa shape index (κ2) is 6.51. The third-order valence-electron chi connectivity index (χ3n) is 2.89. The van der Waals surface area contributed by atoms with E-state index in [0.717, 1.165) is 5.56 Å². The Hall–Kier alpha value is -2.89. The molecule has 0 saturated carbocycles. The van der Waals surface area contributed by atoms with Crippen LogP contribution in [-0.2, 0) is 0 Å². The summed E-state index contributed by atoms with van der Waals surface area (Å²) < 4.78 is 5.07. The molecule has 2 rings (SSSR count). The first kappa shape index (κ1) is 14.5. The molecule has 108 valence electrons. The topological polar surface area (TPSA) is 81.5 Å². The zero-order valence-electron chi connectivity index (χ0n) is 11.4. The molecular weight excluding hydrogens is 272 g/mol. The molecule has 1 atom stereocenters. The molecule has 0 aliphatic heterocycles. The number of non-ortho nitro benzene ring substituents is 1. The molecule has 0 aliphatic carbocycles. The largest absolute Gasteiger partial charge is 0.413 e. The van der Waals surface area contributed by atoms with Crippen LogP contribution in [0.4, 0.5) is 10.5 Å². The summed E-state index contributed by atoms with van der Waals surface area (Å²) in [6.45, 7) is 1.84. The SMILES string of the molecule is CC(NC(=O)Oc1ccc([N+](=O)[O-])cc1)c1ccccc1. The van der Waals surface area contributed by atoms with Crippen LogP contribution in [0.2, 0.25) is 0 Å². The minimum absolute atomic E-state index is 0.0552. The molecule has 2 aromatic rings. The van der Waals surface area contributed by atoms with E-state index >= 15 is 0 Å². The number of nitro groups is 1. The highest BCUT2D eigenvalue weighted by molar-refractivity contribution is 5.71. The zero-order chi connectivity index (χ0) is 15.2. The highest BCUT2D eigenvalue weighted by atomic mass is 16.6. The lowest BCUT2D eigenvalue weighted by Crippen LogP contribution is -2.29. The molecule has 0 fully saturated rings. The van der Waals surface area contributed by atoms with Gasteiger partial charge >= 0.3 is 6.09 Å². The normalized spacial score (nSPS) is 11.5. The molecule has 0 heterocycles. The quantitative estimate of drug-likeness (QED) is 0.689. The predicted molar refractivity (Wildman–Crippen MR) is 77.1 cm³/mol. The van der Waals surface area contributed by atoms with Crippen LogP contribution >= 0.6 is 0 Å². The smallest absolute Gasteiger partial charge is 0.410 e. The maximum Gasteiger partial charge on any atom is 0.413 e. The van der Waals surface area contributed by atoms with E-state index in [1.165, 1.54) is 24.3 Å². The number of carbonyl (C=O) groups excluding carboxylic acids is 1. The summed E-state index contributed by atoms with van der Waals surface area (Å²) in [5, 5.41) is 13.2. The average molecular weight is 286 g/mol. The Labute approximate surface area is 121 Å². The molecular formula is C15H14N2O4. The lowest BCUT2D eigenvalue weighted by molar-refractivity contribution is -0.384. The molecule has 6 heteroatoms. The monoisotopic (exact) mass is 286 g/mol. The highest BCUT2D eigenvalue weighted by Gasteiger charge is 2.12. The second-order valence-corrected chi connectivity index (χ2v) is 4.42. The number of nitrogens with one attached hydrogen (secondary N) is 1. The van der Waals surface area contributed by atoms with Crippen LogP contribution in [-0.4, -0.2) is 11.0 Å². The molecule has 2 aromatic carbocycles. The highest BCUT2D eigenvalue weighted by Crippen LogP contribution is 2.18. The lowest BCUT2D eigenvalue weighted by Gasteiger charge is -2.14. The molecule has 1 N–H and O–H groups in total. The fourth-order valence-electron chi connectivity index (χ4n) is 1.77. The van der Waals surface area contributed by atoms with E-state index < -0.39 is 11.0 Å². The molecule has 6 nitrogen and oxygen atoms in total. The Morgan fingerprint density at radius 3 is 2.33 bits per heavy atom. The van der Waals surface area contributed by atoms with Crippen LogP contribution in [0.1, 0.15) is 18.5 Å². The van der Waals surface area contributed by atoms with Gasteiger partial charge in [0.2, 0.25) is 0 Å². The van der Waals surface area contributed by atoms with Crippen molar-refractivity contribution < 1.29 is 14.5 Å². The summed E-state index contributed by atoms with van der Waals surface area (Å²) in [7, 11) is 0. The number of rotatable bonds is 4. The first-order valence-electron chi connectivity index (χ1n) is 6.34. The minimum atomic E-state index is -0.611. The number of hydrogen-bond donors (Lipinski definition) is 1. The fraction of sp³-hybridized carbons (Fsp3) is 0.133. The molecule has 1 unspecified atom stereocenters. The molecule has 0 radical (unpaired) electrons. The fourth-order valence-corrected chi connectivity index (χ4v) is 1.77. The maximum atomic E-state index is 11.7. The Morgan fingerprint density at radius 1 is 1.14 bits per heavy atom. The standard InChI is InChI=1S/C15H14N2O4/c1-11(12-5-3-2-4-6-12)16-15(18)21-14-9-7-13(8-10-14)17(19)20/h2-11H,1H3,(H,16,18). The van der Waals surface area contributed by atoms with Gasteiger partial charge in [0.15, 0.2) is 0 Å². The van der Waals surface area contributed by atoms with E-state index in [4.69, 9.17) is 4.74 Å². The van der Waals surface area contributed by atoms with E-state index in [0.29, 0.717) is 0 Å². The van der Waals surface area contributed by atoms with Crippen molar-refractivity contribution in [3.8, 4) is 5.75 Å². The summed E-state index contributed by atoms with van der Waals surface area (Å²) in [6.07, 6.45) is -0.611. The van der Waals surface area contributed by atoms with E-state index in [-0.39, 0.29) is 17.5 Å². The van der Waals surface area contributed by atoms with Crippen LogP contribution in [0.15, 0.2) is 54.6 Å². The first-order chi connectivity index (χ1) is 10.1. The number of carbonyl (C=O) groups is 1. The number of nitro benzene ring substituents is 1. The molecule has 0 bridgehead atoms. The number of amides is 1. The van der Waals surface area contributed by atoms with Gasteiger partial charge in [-0.1, -0.05) is 30.3 Å². The Bertz CT molecular complexity index is 626. The van der Waals surface area contributed by atoms with Crippen LogP contribution in [0.5, 0.6) is 5.75 Å². The minimum Gasteiger partial charge on any atom is -0.410 e. The van der Waals surface area contributed by atoms with Gasteiger partial charge in [-0.25, -0.2) is 4.79 Å². The van der Waals surface area contributed by atoms with Crippen molar-refractivity contribution in [2.24, 2.45) is 0 Å². The molecule has 0 aromatic heterocycles. The van der Waals surface area contributed by atoms with Crippen molar-refractivity contribution in [3.05, 3.63) is 70.3 Å². The van der Waals surface area contributed by atoms with Crippen LogP contribution in [0.3, 0.4) is 0 Å². The van der Waals surface area contributed by atoms with Crippen LogP contribution in [0.25, 0.3) is 0 Å². The average Bonchev–Trinajstić information content (AvgIpc) is 2.48. The molecule has 1 amide bonds. The van der Waals surface area contributed by atoms with Crippen molar-refractivity contribution in [3.63, 3.8) is 0 Å². The van der Waals surface area contributed by atoms with Crippen molar-refractivity contribution in [2.75, 3.05) is 0 Å². The Balaban J connectivity index is 1.94. The maximum absolute atomic E-state index is 11.7. The lowest BCUT2D eigenvalue weighted by atomic mass is 10.1. The van der Waals surface area contributed by atoms with Gasteiger partial charge in [0.25, 0.3) is 5.69 Å². The van der Waals surface area contributed by atoms with E-state index in [1.807, 2.05) is 37.3 Å².